The quantitative estimate of drug-likeness (QED) is 0.349. The van der Waals surface area contributed by atoms with E-state index < -0.39 is 17.9 Å². The topological polar surface area (TPSA) is 143 Å². The van der Waals surface area contributed by atoms with Crippen molar-refractivity contribution < 1.29 is 84.6 Å². The fourth-order valence-electron chi connectivity index (χ4n) is 2.19. The number of hydrogen-bond acceptors (Lipinski definition) is 3. The van der Waals surface area contributed by atoms with E-state index in [2.05, 4.69) is 0 Å². The van der Waals surface area contributed by atoms with E-state index >= 15 is 0 Å². The van der Waals surface area contributed by atoms with Crippen LogP contribution in [0.4, 0.5) is 0 Å². The Hall–Kier alpha value is -3.17. The van der Waals surface area contributed by atoms with Crippen LogP contribution >= 0.6 is 0 Å². The zero-order valence-electron chi connectivity index (χ0n) is 18.6. The number of carboxylic acid groups (broad SMARTS) is 3. The van der Waals surface area contributed by atoms with Gasteiger partial charge in [0.1, 0.15) is 0 Å². The molecule has 0 unspecified atom stereocenters. The van der Waals surface area contributed by atoms with Crippen LogP contribution < -0.4 is 0 Å². The van der Waals surface area contributed by atoms with Crippen molar-refractivity contribution in [3.8, 4) is 0 Å². The summed E-state index contributed by atoms with van der Waals surface area (Å²) in [6, 6.07) is 27.9. The average molecular weight is 614 g/mol. The molecule has 0 aromatic heterocycles. The monoisotopic (exact) mass is 615 g/mol. The van der Waals surface area contributed by atoms with Crippen LogP contribution in [-0.4, -0.2) is 38.7 Å². The Bertz CT molecular complexity index is 937. The molecule has 0 fully saturated rings. The summed E-state index contributed by atoms with van der Waals surface area (Å²) in [6.45, 7) is 0. The average Bonchev–Trinajstić information content (AvgIpc) is 2.83. The van der Waals surface area contributed by atoms with Crippen LogP contribution in [0, 0.1) is 49.4 Å². The molecular weight excluding hydrogens is 588 g/mol. The molecule has 0 aliphatic heterocycles. The van der Waals surface area contributed by atoms with Crippen LogP contribution in [0.5, 0.6) is 0 Å². The first-order valence-corrected chi connectivity index (χ1v) is 9.75. The van der Waals surface area contributed by atoms with Gasteiger partial charge in [0.05, 0.1) is 0 Å². The first-order valence-electron chi connectivity index (χ1n) is 9.75. The van der Waals surface area contributed by atoms with Gasteiger partial charge in [-0.05, 0) is 34.9 Å². The molecule has 0 saturated carbocycles. The fourth-order valence-corrected chi connectivity index (χ4v) is 2.19. The molecule has 183 valence electrons. The van der Waals surface area contributed by atoms with Crippen molar-refractivity contribution in [3.05, 3.63) is 126 Å². The Kier molecular flexibility index (Phi) is 20.8. The van der Waals surface area contributed by atoms with Crippen LogP contribution in [0.15, 0.2) is 109 Å². The number of aliphatic carboxylic acids is 3. The molecule has 5 N–H and O–H groups in total. The summed E-state index contributed by atoms with van der Waals surface area (Å²) in [5, 5.41) is 24.9. The van der Waals surface area contributed by atoms with Crippen molar-refractivity contribution in [1.82, 2.24) is 0 Å². The van der Waals surface area contributed by atoms with Gasteiger partial charge in [0, 0.05) is 67.6 Å². The fraction of sp³-hybridized carbons (Fsp3) is 0. The summed E-state index contributed by atoms with van der Waals surface area (Å²) >= 11 is 0. The first kappa shape index (κ1) is 34.0. The van der Waals surface area contributed by atoms with Crippen molar-refractivity contribution in [3.63, 3.8) is 0 Å². The third kappa shape index (κ3) is 20.0. The molecule has 1 radical (unpaired) electrons. The Balaban J connectivity index is 0. The Labute approximate surface area is 244 Å². The van der Waals surface area contributed by atoms with Crippen molar-refractivity contribution in [2.45, 2.75) is 0 Å². The minimum Gasteiger partial charge on any atom is -0.478 e. The third-order valence-corrected chi connectivity index (χ3v) is 3.65. The summed E-state index contributed by atoms with van der Waals surface area (Å²) in [4.78, 5) is 30.3. The Morgan fingerprint density at radius 3 is 0.829 bits per heavy atom. The molecule has 0 atom stereocenters. The smallest absolute Gasteiger partial charge is 0.328 e. The van der Waals surface area contributed by atoms with Gasteiger partial charge in [0.15, 0.2) is 0 Å². The Morgan fingerprint density at radius 2 is 0.657 bits per heavy atom. The van der Waals surface area contributed by atoms with Gasteiger partial charge in [-0.15, -0.1) is 0 Å². The summed E-state index contributed by atoms with van der Waals surface area (Å²) in [5.41, 5.74) is 2.69. The van der Waals surface area contributed by atoms with Gasteiger partial charge in [0.25, 0.3) is 0 Å². The zero-order valence-corrected chi connectivity index (χ0v) is 21.0. The van der Waals surface area contributed by atoms with Crippen molar-refractivity contribution in [2.24, 2.45) is 0 Å². The molecule has 0 bridgehead atoms. The number of rotatable bonds is 6. The summed E-state index contributed by atoms with van der Waals surface area (Å²) < 4.78 is 0. The second kappa shape index (κ2) is 21.4. The molecule has 0 aliphatic carbocycles. The molecule has 3 aromatic carbocycles. The van der Waals surface area contributed by atoms with Crippen LogP contribution in [0.25, 0.3) is 18.2 Å². The third-order valence-electron chi connectivity index (χ3n) is 3.65. The normalized spacial score (nSPS) is 9.60. The van der Waals surface area contributed by atoms with E-state index in [-0.39, 0.29) is 54.9 Å². The molecule has 8 heteroatoms. The molecule has 35 heavy (non-hydrogen) atoms. The molecule has 7 nitrogen and oxygen atoms in total. The van der Waals surface area contributed by atoms with E-state index in [4.69, 9.17) is 15.3 Å². The van der Waals surface area contributed by atoms with E-state index in [0.29, 0.717) is 0 Å². The Morgan fingerprint density at radius 1 is 0.457 bits per heavy atom. The molecule has 3 aromatic rings. The van der Waals surface area contributed by atoms with E-state index in [1.165, 1.54) is 0 Å². The van der Waals surface area contributed by atoms with Crippen LogP contribution in [0.2, 0.25) is 0 Å². The molecular formula is C27H26EuO7. The van der Waals surface area contributed by atoms with Gasteiger partial charge < -0.3 is 20.8 Å². The van der Waals surface area contributed by atoms with Crippen molar-refractivity contribution in [2.75, 3.05) is 0 Å². The second-order valence-corrected chi connectivity index (χ2v) is 6.25. The van der Waals surface area contributed by atoms with Gasteiger partial charge in [-0.3, -0.25) is 0 Å². The first-order chi connectivity index (χ1) is 15.9. The molecule has 0 aliphatic rings. The van der Waals surface area contributed by atoms with E-state index in [0.717, 1.165) is 34.9 Å². The van der Waals surface area contributed by atoms with Crippen LogP contribution in [0.3, 0.4) is 0 Å². The van der Waals surface area contributed by atoms with E-state index in [1.54, 1.807) is 18.2 Å². The standard InChI is InChI=1S/3C9H8O2.Eu.H2O/c3*10-9(11)7-6-8-4-2-1-3-5-8;;/h3*1-7H,(H,10,11);;1H2. The van der Waals surface area contributed by atoms with Gasteiger partial charge >= 0.3 is 17.9 Å². The van der Waals surface area contributed by atoms with Gasteiger partial charge in [0.2, 0.25) is 0 Å². The van der Waals surface area contributed by atoms with Gasteiger partial charge in [-0.2, -0.15) is 0 Å². The molecule has 0 saturated heterocycles. The number of hydrogen-bond donors (Lipinski definition) is 3. The number of carboxylic acids is 3. The molecule has 0 amide bonds. The molecule has 0 spiro atoms. The van der Waals surface area contributed by atoms with Crippen LogP contribution in [-0.2, 0) is 14.4 Å². The largest absolute Gasteiger partial charge is 0.478 e. The minimum atomic E-state index is -0.922. The maximum absolute atomic E-state index is 10.1. The predicted molar refractivity (Wildman–Crippen MR) is 133 cm³/mol. The maximum Gasteiger partial charge on any atom is 0.328 e. The predicted octanol–water partition coefficient (Wildman–Crippen LogP) is 4.53. The maximum atomic E-state index is 10.1. The van der Waals surface area contributed by atoms with Crippen molar-refractivity contribution in [1.29, 1.82) is 0 Å². The SMILES string of the molecule is O.O=C(O)C=Cc1ccccc1.O=C(O)C=Cc1ccccc1.O=C(O)C=Cc1ccccc1.[Eu]. The summed E-state index contributed by atoms with van der Waals surface area (Å²) in [5.74, 6) is -2.77. The van der Waals surface area contributed by atoms with Gasteiger partial charge in [-0.1, -0.05) is 91.0 Å². The van der Waals surface area contributed by atoms with Crippen molar-refractivity contribution >= 4 is 36.1 Å². The molecule has 0 heterocycles. The van der Waals surface area contributed by atoms with Crippen LogP contribution in [0.1, 0.15) is 16.7 Å². The van der Waals surface area contributed by atoms with E-state index in [9.17, 15) is 14.4 Å². The number of benzene rings is 3. The molecule has 3 rings (SSSR count). The summed E-state index contributed by atoms with van der Waals surface area (Å²) in [7, 11) is 0. The summed E-state index contributed by atoms with van der Waals surface area (Å²) in [6.07, 6.45) is 8.03. The zero-order chi connectivity index (χ0) is 24.3. The van der Waals surface area contributed by atoms with Gasteiger partial charge in [-0.25, -0.2) is 14.4 Å². The number of carbonyl (C=O) groups is 3. The van der Waals surface area contributed by atoms with E-state index in [1.807, 2.05) is 91.0 Å². The minimum absolute atomic E-state index is 0. The second-order valence-electron chi connectivity index (χ2n) is 6.25.